The molecule has 2 heterocycles. The van der Waals surface area contributed by atoms with Crippen LogP contribution in [0.15, 0.2) is 5.38 Å². The maximum Gasteiger partial charge on any atom is 0.434 e. The summed E-state index contributed by atoms with van der Waals surface area (Å²) in [6.07, 6.45) is -3.30. The predicted molar refractivity (Wildman–Crippen MR) is 62.4 cm³/mol. The number of alkyl halides is 3. The van der Waals surface area contributed by atoms with E-state index in [0.717, 1.165) is 16.7 Å². The third-order valence-electron chi connectivity index (χ3n) is 2.74. The van der Waals surface area contributed by atoms with Gasteiger partial charge in [0.05, 0.1) is 11.0 Å². The van der Waals surface area contributed by atoms with Crippen LogP contribution in [0.25, 0.3) is 0 Å². The van der Waals surface area contributed by atoms with Crippen LogP contribution in [-0.4, -0.2) is 30.9 Å². The van der Waals surface area contributed by atoms with Crippen LogP contribution in [0.1, 0.15) is 18.5 Å². The molecular formula is C9H11F3N2O2S2. The number of hydrogen-bond acceptors (Lipinski definition) is 5. The highest BCUT2D eigenvalue weighted by atomic mass is 32.2. The standard InChI is InChI=1S/C9H11F3N2O2S2/c10-9(11,12)7-5-17-8(14-7)13-4-6-2-1-3-18(6,15)16/h5-6H,1-4H2,(H,13,14). The van der Waals surface area contributed by atoms with Crippen molar-refractivity contribution in [2.45, 2.75) is 24.3 Å². The number of nitrogens with one attached hydrogen (secondary N) is 1. The van der Waals surface area contributed by atoms with Gasteiger partial charge in [-0.1, -0.05) is 0 Å². The molecule has 1 aliphatic heterocycles. The van der Waals surface area contributed by atoms with Gasteiger partial charge >= 0.3 is 6.18 Å². The fraction of sp³-hybridized carbons (Fsp3) is 0.667. The van der Waals surface area contributed by atoms with Gasteiger partial charge in [-0.15, -0.1) is 11.3 Å². The number of aromatic nitrogens is 1. The van der Waals surface area contributed by atoms with Crippen LogP contribution >= 0.6 is 11.3 Å². The minimum atomic E-state index is -4.46. The van der Waals surface area contributed by atoms with Crippen molar-refractivity contribution >= 4 is 26.3 Å². The summed E-state index contributed by atoms with van der Waals surface area (Å²) in [6, 6.07) is 0. The Bertz CT molecular complexity index is 524. The predicted octanol–water partition coefficient (Wildman–Crippen LogP) is 2.15. The molecule has 1 N–H and O–H groups in total. The van der Waals surface area contributed by atoms with E-state index in [4.69, 9.17) is 0 Å². The van der Waals surface area contributed by atoms with E-state index >= 15 is 0 Å². The van der Waals surface area contributed by atoms with Gasteiger partial charge in [-0.25, -0.2) is 13.4 Å². The van der Waals surface area contributed by atoms with Crippen molar-refractivity contribution in [3.8, 4) is 0 Å². The molecule has 0 radical (unpaired) electrons. The zero-order chi connectivity index (χ0) is 13.4. The fourth-order valence-corrected chi connectivity index (χ4v) is 4.27. The lowest BCUT2D eigenvalue weighted by Gasteiger charge is -2.09. The smallest absolute Gasteiger partial charge is 0.360 e. The normalized spacial score (nSPS) is 23.2. The summed E-state index contributed by atoms with van der Waals surface area (Å²) in [5, 5.41) is 3.15. The molecule has 1 aliphatic rings. The third kappa shape index (κ3) is 2.94. The molecule has 102 valence electrons. The number of rotatable bonds is 3. The molecule has 1 saturated heterocycles. The summed E-state index contributed by atoms with van der Waals surface area (Å²) in [4.78, 5) is 3.38. The van der Waals surface area contributed by atoms with Crippen LogP contribution in [0, 0.1) is 0 Å². The Kier molecular flexibility index (Phi) is 3.54. The first-order valence-electron chi connectivity index (χ1n) is 5.27. The van der Waals surface area contributed by atoms with Gasteiger partial charge in [0.2, 0.25) is 0 Å². The van der Waals surface area contributed by atoms with Gasteiger partial charge < -0.3 is 5.32 Å². The maximum absolute atomic E-state index is 12.3. The molecule has 0 spiro atoms. The maximum atomic E-state index is 12.3. The van der Waals surface area contributed by atoms with Gasteiger partial charge in [-0.3, -0.25) is 0 Å². The lowest BCUT2D eigenvalue weighted by atomic mass is 10.2. The van der Waals surface area contributed by atoms with Crippen LogP contribution in [-0.2, 0) is 16.0 Å². The summed E-state index contributed by atoms with van der Waals surface area (Å²) in [6.45, 7) is 0.118. The highest BCUT2D eigenvalue weighted by Gasteiger charge is 2.34. The molecule has 0 aliphatic carbocycles. The van der Waals surface area contributed by atoms with E-state index in [1.165, 1.54) is 0 Å². The minimum Gasteiger partial charge on any atom is -0.360 e. The number of anilines is 1. The number of sulfone groups is 1. The number of thiazole rings is 1. The van der Waals surface area contributed by atoms with Crippen molar-refractivity contribution in [1.82, 2.24) is 4.98 Å². The molecule has 1 aromatic heterocycles. The molecule has 0 amide bonds. The first-order valence-corrected chi connectivity index (χ1v) is 7.87. The lowest BCUT2D eigenvalue weighted by molar-refractivity contribution is -0.140. The number of hydrogen-bond donors (Lipinski definition) is 1. The van der Waals surface area contributed by atoms with Crippen molar-refractivity contribution in [2.24, 2.45) is 0 Å². The third-order valence-corrected chi connectivity index (χ3v) is 5.81. The molecule has 1 fully saturated rings. The molecule has 1 unspecified atom stereocenters. The summed E-state index contributed by atoms with van der Waals surface area (Å²) in [5.41, 5.74) is -0.954. The average molecular weight is 300 g/mol. The Balaban J connectivity index is 1.97. The largest absolute Gasteiger partial charge is 0.434 e. The molecular weight excluding hydrogens is 289 g/mol. The Morgan fingerprint density at radius 3 is 2.72 bits per heavy atom. The zero-order valence-electron chi connectivity index (χ0n) is 9.20. The van der Waals surface area contributed by atoms with Crippen molar-refractivity contribution < 1.29 is 21.6 Å². The molecule has 1 atom stereocenters. The molecule has 18 heavy (non-hydrogen) atoms. The second-order valence-corrected chi connectivity index (χ2v) is 7.31. The molecule has 9 heteroatoms. The van der Waals surface area contributed by atoms with Crippen LogP contribution in [0.4, 0.5) is 18.3 Å². The molecule has 0 aromatic carbocycles. The van der Waals surface area contributed by atoms with Crippen LogP contribution in [0.2, 0.25) is 0 Å². The van der Waals surface area contributed by atoms with Crippen molar-refractivity contribution in [2.75, 3.05) is 17.6 Å². The van der Waals surface area contributed by atoms with Crippen molar-refractivity contribution in [3.05, 3.63) is 11.1 Å². The summed E-state index contributed by atoms with van der Waals surface area (Å²) < 4.78 is 59.9. The lowest BCUT2D eigenvalue weighted by Crippen LogP contribution is -2.25. The van der Waals surface area contributed by atoms with Crippen LogP contribution in [0.5, 0.6) is 0 Å². The van der Waals surface area contributed by atoms with Crippen molar-refractivity contribution in [1.29, 1.82) is 0 Å². The minimum absolute atomic E-state index is 0.101. The van der Waals surface area contributed by atoms with Crippen LogP contribution in [0.3, 0.4) is 0 Å². The molecule has 1 aromatic rings. The van der Waals surface area contributed by atoms with E-state index in [1.807, 2.05) is 0 Å². The van der Waals surface area contributed by atoms with Gasteiger partial charge in [0.25, 0.3) is 0 Å². The molecule has 0 saturated carbocycles. The van der Waals surface area contributed by atoms with E-state index < -0.39 is 27.0 Å². The summed E-state index contributed by atoms with van der Waals surface area (Å²) in [5.74, 6) is 0.158. The Labute approximate surface area is 106 Å². The van der Waals surface area contributed by atoms with Gasteiger partial charge in [-0.2, -0.15) is 13.2 Å². The van der Waals surface area contributed by atoms with E-state index in [2.05, 4.69) is 10.3 Å². The number of nitrogens with zero attached hydrogens (tertiary/aromatic N) is 1. The van der Waals surface area contributed by atoms with Crippen LogP contribution < -0.4 is 5.32 Å². The topological polar surface area (TPSA) is 59.1 Å². The number of halogens is 3. The van der Waals surface area contributed by atoms with Crippen molar-refractivity contribution in [3.63, 3.8) is 0 Å². The second kappa shape index (κ2) is 4.69. The average Bonchev–Trinajstić information content (AvgIpc) is 2.80. The highest BCUT2D eigenvalue weighted by molar-refractivity contribution is 7.92. The van der Waals surface area contributed by atoms with Gasteiger partial charge in [0.15, 0.2) is 20.7 Å². The monoisotopic (exact) mass is 300 g/mol. The van der Waals surface area contributed by atoms with Gasteiger partial charge in [-0.05, 0) is 12.8 Å². The summed E-state index contributed by atoms with van der Waals surface area (Å²) in [7, 11) is -3.09. The molecule has 2 rings (SSSR count). The second-order valence-electron chi connectivity index (χ2n) is 4.05. The SMILES string of the molecule is O=S1(=O)CCCC1CNc1nc(C(F)(F)F)cs1. The zero-order valence-corrected chi connectivity index (χ0v) is 10.8. The van der Waals surface area contributed by atoms with Gasteiger partial charge in [0, 0.05) is 11.9 Å². The van der Waals surface area contributed by atoms with E-state index in [9.17, 15) is 21.6 Å². The fourth-order valence-electron chi connectivity index (χ4n) is 1.77. The summed E-state index contributed by atoms with van der Waals surface area (Å²) >= 11 is 0.823. The first kappa shape index (κ1) is 13.6. The Hall–Kier alpha value is -0.830. The Morgan fingerprint density at radius 1 is 1.50 bits per heavy atom. The quantitative estimate of drug-likeness (QED) is 0.929. The van der Waals surface area contributed by atoms with E-state index in [0.29, 0.717) is 12.8 Å². The molecule has 0 bridgehead atoms. The van der Waals surface area contributed by atoms with E-state index in [1.54, 1.807) is 0 Å². The first-order chi connectivity index (χ1) is 8.29. The van der Waals surface area contributed by atoms with E-state index in [-0.39, 0.29) is 17.4 Å². The molecule has 4 nitrogen and oxygen atoms in total. The highest BCUT2D eigenvalue weighted by Crippen LogP contribution is 2.31. The van der Waals surface area contributed by atoms with Gasteiger partial charge in [0.1, 0.15) is 0 Å². The Morgan fingerprint density at radius 2 is 2.22 bits per heavy atom.